The van der Waals surface area contributed by atoms with Gasteiger partial charge in [-0.1, -0.05) is 54.6 Å². The lowest BCUT2D eigenvalue weighted by molar-refractivity contribution is 0.415. The molecular formula is C15H18OSi. The minimum absolute atomic E-state index is 0.265. The molecule has 0 aromatic heterocycles. The number of methoxy groups -OCH3 is 1. The topological polar surface area (TPSA) is 9.23 Å². The van der Waals surface area contributed by atoms with Crippen LogP contribution < -0.4 is 9.92 Å². The van der Waals surface area contributed by atoms with E-state index in [1.165, 1.54) is 10.8 Å². The van der Waals surface area contributed by atoms with Gasteiger partial charge in [-0.2, -0.15) is 0 Å². The molecule has 0 amide bonds. The highest BCUT2D eigenvalue weighted by atomic mass is 28.2. The van der Waals surface area contributed by atoms with Gasteiger partial charge in [0.1, 0.15) is 5.75 Å². The van der Waals surface area contributed by atoms with Crippen LogP contribution in [-0.2, 0) is 0 Å². The molecular weight excluding hydrogens is 224 g/mol. The van der Waals surface area contributed by atoms with Gasteiger partial charge in [-0.15, -0.1) is 0 Å². The van der Waals surface area contributed by atoms with Crippen LogP contribution in [0.1, 0.15) is 18.0 Å². The summed E-state index contributed by atoms with van der Waals surface area (Å²) in [5.74, 6) is 0.940. The van der Waals surface area contributed by atoms with Gasteiger partial charge in [0.2, 0.25) is 0 Å². The molecule has 1 nitrogen and oxygen atoms in total. The van der Waals surface area contributed by atoms with Gasteiger partial charge in [-0.25, -0.2) is 0 Å². The first-order valence-corrected chi connectivity index (χ1v) is 7.50. The number of hydrogen-bond donors (Lipinski definition) is 0. The Morgan fingerprint density at radius 1 is 0.941 bits per heavy atom. The predicted octanol–water partition coefficient (Wildman–Crippen LogP) is 2.25. The monoisotopic (exact) mass is 242 g/mol. The molecule has 2 rings (SSSR count). The normalized spacial score (nSPS) is 12.8. The molecule has 1 unspecified atom stereocenters. The number of rotatable bonds is 4. The van der Waals surface area contributed by atoms with E-state index in [1.807, 2.05) is 0 Å². The molecule has 2 aromatic carbocycles. The van der Waals surface area contributed by atoms with Crippen LogP contribution in [0.15, 0.2) is 54.6 Å². The van der Waals surface area contributed by atoms with E-state index >= 15 is 0 Å². The molecule has 0 saturated heterocycles. The summed E-state index contributed by atoms with van der Waals surface area (Å²) in [5.41, 5.74) is 2.14. The second-order valence-corrected chi connectivity index (χ2v) is 6.81. The summed E-state index contributed by atoms with van der Waals surface area (Å²) in [5, 5.41) is 1.49. The van der Waals surface area contributed by atoms with Gasteiger partial charge in [0.05, 0.1) is 16.6 Å². The molecule has 0 spiro atoms. The molecule has 0 aliphatic rings. The molecule has 0 bridgehead atoms. The fourth-order valence-corrected chi connectivity index (χ4v) is 3.74. The maximum atomic E-state index is 5.17. The second-order valence-electron chi connectivity index (χ2n) is 4.36. The molecule has 0 heterocycles. The minimum Gasteiger partial charge on any atom is -0.497 e. The Morgan fingerprint density at radius 2 is 1.59 bits per heavy atom. The highest BCUT2D eigenvalue weighted by Crippen LogP contribution is 2.13. The molecule has 88 valence electrons. The van der Waals surface area contributed by atoms with Gasteiger partial charge < -0.3 is 4.74 Å². The smallest absolute Gasteiger partial charge is 0.118 e. The van der Waals surface area contributed by atoms with Gasteiger partial charge in [0.25, 0.3) is 0 Å². The van der Waals surface area contributed by atoms with Crippen molar-refractivity contribution in [1.82, 2.24) is 0 Å². The predicted molar refractivity (Wildman–Crippen MR) is 76.0 cm³/mol. The van der Waals surface area contributed by atoms with E-state index in [0.717, 1.165) is 5.75 Å². The number of benzene rings is 2. The molecule has 1 atom stereocenters. The van der Waals surface area contributed by atoms with E-state index in [4.69, 9.17) is 4.74 Å². The maximum absolute atomic E-state index is 5.17. The third-order valence-corrected chi connectivity index (χ3v) is 5.10. The zero-order valence-electron chi connectivity index (χ0n) is 10.4. The molecule has 0 fully saturated rings. The van der Waals surface area contributed by atoms with Gasteiger partial charge in [-0.3, -0.25) is 0 Å². The van der Waals surface area contributed by atoms with Crippen LogP contribution in [0.5, 0.6) is 5.75 Å². The first-order valence-electron chi connectivity index (χ1n) is 5.97. The van der Waals surface area contributed by atoms with Gasteiger partial charge in [0.15, 0.2) is 0 Å². The van der Waals surface area contributed by atoms with Crippen molar-refractivity contribution in [3.05, 3.63) is 60.2 Å². The summed E-state index contributed by atoms with van der Waals surface area (Å²) >= 11 is 0. The van der Waals surface area contributed by atoms with Crippen molar-refractivity contribution in [2.24, 2.45) is 0 Å². The van der Waals surface area contributed by atoms with Crippen LogP contribution in [0.3, 0.4) is 0 Å². The summed E-state index contributed by atoms with van der Waals surface area (Å²) in [6.45, 7) is 2.33. The zero-order chi connectivity index (χ0) is 12.1. The van der Waals surface area contributed by atoms with Crippen LogP contribution in [0.4, 0.5) is 0 Å². The third kappa shape index (κ3) is 3.20. The van der Waals surface area contributed by atoms with Crippen molar-refractivity contribution >= 4 is 14.7 Å². The summed E-state index contributed by atoms with van der Waals surface area (Å²) in [4.78, 5) is 0. The summed E-state index contributed by atoms with van der Waals surface area (Å²) in [6, 6.07) is 19.3. The largest absolute Gasteiger partial charge is 0.497 e. The number of hydrogen-bond acceptors (Lipinski definition) is 1. The van der Waals surface area contributed by atoms with E-state index in [-0.39, 0.29) is 9.52 Å². The lowest BCUT2D eigenvalue weighted by Crippen LogP contribution is -2.19. The second kappa shape index (κ2) is 5.69. The molecule has 2 aromatic rings. The molecule has 0 N–H and O–H groups in total. The van der Waals surface area contributed by atoms with E-state index in [9.17, 15) is 0 Å². The van der Waals surface area contributed by atoms with Gasteiger partial charge in [-0.05, 0) is 23.2 Å². The highest BCUT2D eigenvalue weighted by molar-refractivity contribution is 6.54. The van der Waals surface area contributed by atoms with Crippen molar-refractivity contribution in [1.29, 1.82) is 0 Å². The number of ether oxygens (including phenoxy) is 1. The fourth-order valence-electron chi connectivity index (χ4n) is 2.01. The van der Waals surface area contributed by atoms with Crippen LogP contribution in [0.25, 0.3) is 0 Å². The Labute approximate surface area is 105 Å². The lowest BCUT2D eigenvalue weighted by atomic mass is 10.2. The Balaban J connectivity index is 2.05. The third-order valence-electron chi connectivity index (χ3n) is 3.07. The lowest BCUT2D eigenvalue weighted by Gasteiger charge is -2.11. The molecule has 0 radical (unpaired) electrons. The van der Waals surface area contributed by atoms with Crippen molar-refractivity contribution in [3.63, 3.8) is 0 Å². The SMILES string of the molecule is COc1ccc([SiH2]C(C)c2ccccc2)cc1. The average Bonchev–Trinajstić information content (AvgIpc) is 2.40. The van der Waals surface area contributed by atoms with Crippen molar-refractivity contribution < 1.29 is 4.74 Å². The van der Waals surface area contributed by atoms with Crippen LogP contribution in [0.2, 0.25) is 0 Å². The molecule has 0 saturated carbocycles. The average molecular weight is 242 g/mol. The van der Waals surface area contributed by atoms with Crippen LogP contribution >= 0.6 is 0 Å². The molecule has 17 heavy (non-hydrogen) atoms. The van der Waals surface area contributed by atoms with Crippen LogP contribution in [0, 0.1) is 0 Å². The Morgan fingerprint density at radius 3 is 2.18 bits per heavy atom. The van der Waals surface area contributed by atoms with E-state index in [0.29, 0.717) is 5.54 Å². The van der Waals surface area contributed by atoms with Crippen molar-refractivity contribution in [2.45, 2.75) is 12.5 Å². The van der Waals surface area contributed by atoms with Crippen molar-refractivity contribution in [3.8, 4) is 5.75 Å². The summed E-state index contributed by atoms with van der Waals surface area (Å²) in [6.07, 6.45) is 0. The maximum Gasteiger partial charge on any atom is 0.118 e. The van der Waals surface area contributed by atoms with Gasteiger partial charge in [0, 0.05) is 0 Å². The molecule has 0 aliphatic heterocycles. The summed E-state index contributed by atoms with van der Waals surface area (Å²) < 4.78 is 5.17. The Kier molecular flexibility index (Phi) is 3.99. The molecule has 0 aliphatic carbocycles. The van der Waals surface area contributed by atoms with Crippen molar-refractivity contribution in [2.75, 3.05) is 7.11 Å². The Hall–Kier alpha value is -1.54. The fraction of sp³-hybridized carbons (Fsp3) is 0.200. The van der Waals surface area contributed by atoms with Gasteiger partial charge >= 0.3 is 0 Å². The highest BCUT2D eigenvalue weighted by Gasteiger charge is 2.06. The summed E-state index contributed by atoms with van der Waals surface area (Å²) in [7, 11) is 1.44. The van der Waals surface area contributed by atoms with E-state index in [2.05, 4.69) is 61.5 Å². The first-order chi connectivity index (χ1) is 8.29. The Bertz CT molecular complexity index is 450. The first kappa shape index (κ1) is 11.9. The quantitative estimate of drug-likeness (QED) is 0.747. The van der Waals surface area contributed by atoms with Crippen LogP contribution in [-0.4, -0.2) is 16.6 Å². The molecule has 2 heteroatoms. The standard InChI is InChI=1S/C15H18OSi/c1-12(13-6-4-3-5-7-13)17-15-10-8-14(16-2)9-11-15/h3-12H,17H2,1-2H3. The zero-order valence-corrected chi connectivity index (χ0v) is 11.8. The van der Waals surface area contributed by atoms with E-state index < -0.39 is 0 Å². The minimum atomic E-state index is -0.265. The van der Waals surface area contributed by atoms with E-state index in [1.54, 1.807) is 7.11 Å².